The van der Waals surface area contributed by atoms with Crippen molar-refractivity contribution >= 4 is 15.9 Å². The Kier molecular flexibility index (Phi) is 8.05. The van der Waals surface area contributed by atoms with Crippen LogP contribution in [0.25, 0.3) is 0 Å². The Bertz CT molecular complexity index is 602. The summed E-state index contributed by atoms with van der Waals surface area (Å²) in [6.45, 7) is 2.56. The molecule has 0 radical (unpaired) electrons. The zero-order valence-corrected chi connectivity index (χ0v) is 14.9. The highest BCUT2D eigenvalue weighted by atomic mass is 32.2. The summed E-state index contributed by atoms with van der Waals surface area (Å²) in [4.78, 5) is 12.0. The van der Waals surface area contributed by atoms with E-state index in [4.69, 9.17) is 4.74 Å². The molecular weight excluding hydrogens is 316 g/mol. The van der Waals surface area contributed by atoms with Crippen molar-refractivity contribution in [1.29, 1.82) is 0 Å². The zero-order valence-electron chi connectivity index (χ0n) is 14.0. The minimum Gasteiger partial charge on any atom is -0.496 e. The first-order chi connectivity index (χ1) is 10.9. The minimum atomic E-state index is -3.39. The lowest BCUT2D eigenvalue weighted by atomic mass is 10.2. The molecule has 0 saturated heterocycles. The Morgan fingerprint density at radius 1 is 1.26 bits per heavy atom. The number of para-hydroxylation sites is 1. The van der Waals surface area contributed by atoms with Crippen LogP contribution >= 0.6 is 0 Å². The Labute approximate surface area is 138 Å². The molecule has 0 aromatic heterocycles. The largest absolute Gasteiger partial charge is 0.496 e. The molecule has 0 aliphatic rings. The van der Waals surface area contributed by atoms with Crippen molar-refractivity contribution in [2.45, 2.75) is 32.7 Å². The van der Waals surface area contributed by atoms with Gasteiger partial charge in [0.25, 0.3) is 0 Å². The van der Waals surface area contributed by atoms with E-state index in [-0.39, 0.29) is 12.5 Å². The first-order valence-corrected chi connectivity index (χ1v) is 9.57. The van der Waals surface area contributed by atoms with Crippen LogP contribution in [-0.4, -0.2) is 45.1 Å². The number of ether oxygens (including phenoxy) is 1. The molecule has 0 atom stereocenters. The fourth-order valence-electron chi connectivity index (χ4n) is 2.16. The second-order valence-corrected chi connectivity index (χ2v) is 7.37. The molecule has 1 aromatic carbocycles. The van der Waals surface area contributed by atoms with Gasteiger partial charge in [0.2, 0.25) is 15.9 Å². The first kappa shape index (κ1) is 19.4. The van der Waals surface area contributed by atoms with Gasteiger partial charge < -0.3 is 10.1 Å². The summed E-state index contributed by atoms with van der Waals surface area (Å²) in [6.07, 6.45) is 3.82. The first-order valence-electron chi connectivity index (χ1n) is 7.72. The maximum atomic E-state index is 12.0. The third-order valence-corrected chi connectivity index (χ3v) is 4.72. The minimum absolute atomic E-state index is 0.155. The normalized spacial score (nSPS) is 11.5. The van der Waals surface area contributed by atoms with Gasteiger partial charge in [-0.05, 0) is 12.5 Å². The number of nitrogens with one attached hydrogen (secondary N) is 1. The van der Waals surface area contributed by atoms with Crippen LogP contribution in [0.4, 0.5) is 0 Å². The van der Waals surface area contributed by atoms with Crippen LogP contribution in [0, 0.1) is 0 Å². The number of benzene rings is 1. The van der Waals surface area contributed by atoms with Crippen LogP contribution in [-0.2, 0) is 21.4 Å². The second-order valence-electron chi connectivity index (χ2n) is 5.39. The summed E-state index contributed by atoms with van der Waals surface area (Å²) < 4.78 is 30.0. The number of nitrogens with zero attached hydrogens (tertiary/aromatic N) is 1. The third-order valence-electron chi connectivity index (χ3n) is 3.47. The quantitative estimate of drug-likeness (QED) is 0.658. The molecule has 0 unspecified atom stereocenters. The maximum Gasteiger partial charge on any atom is 0.235 e. The molecule has 1 N–H and O–H groups in total. The van der Waals surface area contributed by atoms with Crippen molar-refractivity contribution in [3.8, 4) is 5.75 Å². The van der Waals surface area contributed by atoms with E-state index in [0.717, 1.165) is 31.1 Å². The average molecular weight is 342 g/mol. The monoisotopic (exact) mass is 342 g/mol. The smallest absolute Gasteiger partial charge is 0.235 e. The van der Waals surface area contributed by atoms with Gasteiger partial charge >= 0.3 is 0 Å². The summed E-state index contributed by atoms with van der Waals surface area (Å²) in [6, 6.07) is 7.38. The number of hydrogen-bond donors (Lipinski definition) is 1. The summed E-state index contributed by atoms with van der Waals surface area (Å²) in [7, 11) is -1.82. The Hall–Kier alpha value is -1.60. The molecule has 7 heteroatoms. The average Bonchev–Trinajstić information content (AvgIpc) is 2.51. The predicted molar refractivity (Wildman–Crippen MR) is 90.8 cm³/mol. The number of carbonyl (C=O) groups is 1. The van der Waals surface area contributed by atoms with E-state index in [1.165, 1.54) is 4.31 Å². The molecule has 1 rings (SSSR count). The van der Waals surface area contributed by atoms with Crippen molar-refractivity contribution in [1.82, 2.24) is 9.62 Å². The second kappa shape index (κ2) is 9.52. The molecule has 6 nitrogen and oxygen atoms in total. The standard InChI is InChI=1S/C16H26N2O4S/c1-4-5-8-11-18(23(3,20)21)13-16(19)17-12-14-9-6-7-10-15(14)22-2/h6-7,9-10H,4-5,8,11-13H2,1-3H3,(H,17,19). The fourth-order valence-corrected chi connectivity index (χ4v) is 2.97. The van der Waals surface area contributed by atoms with Crippen LogP contribution < -0.4 is 10.1 Å². The van der Waals surface area contributed by atoms with E-state index in [0.29, 0.717) is 18.8 Å². The van der Waals surface area contributed by atoms with E-state index in [9.17, 15) is 13.2 Å². The fraction of sp³-hybridized carbons (Fsp3) is 0.562. The topological polar surface area (TPSA) is 75.7 Å². The van der Waals surface area contributed by atoms with Crippen molar-refractivity contribution in [3.63, 3.8) is 0 Å². The third kappa shape index (κ3) is 7.00. The number of unbranched alkanes of at least 4 members (excludes halogenated alkanes) is 2. The lowest BCUT2D eigenvalue weighted by Gasteiger charge is -2.19. The van der Waals surface area contributed by atoms with Crippen molar-refractivity contribution in [3.05, 3.63) is 29.8 Å². The summed E-state index contributed by atoms with van der Waals surface area (Å²) in [5.41, 5.74) is 0.847. The van der Waals surface area contributed by atoms with Gasteiger partial charge in [0.15, 0.2) is 0 Å². The highest BCUT2D eigenvalue weighted by molar-refractivity contribution is 7.88. The molecule has 23 heavy (non-hydrogen) atoms. The van der Waals surface area contributed by atoms with Gasteiger partial charge in [-0.2, -0.15) is 4.31 Å². The Morgan fingerprint density at radius 2 is 1.96 bits per heavy atom. The van der Waals surface area contributed by atoms with Crippen molar-refractivity contribution in [2.24, 2.45) is 0 Å². The van der Waals surface area contributed by atoms with Crippen LogP contribution in [0.1, 0.15) is 31.7 Å². The molecule has 0 saturated carbocycles. The van der Waals surface area contributed by atoms with Gasteiger partial charge in [-0.3, -0.25) is 4.79 Å². The molecule has 0 aliphatic carbocycles. The molecule has 1 amide bonds. The van der Waals surface area contributed by atoms with E-state index in [1.807, 2.05) is 31.2 Å². The Balaban J connectivity index is 2.58. The van der Waals surface area contributed by atoms with Gasteiger partial charge in [-0.1, -0.05) is 38.0 Å². The molecule has 130 valence electrons. The molecule has 0 aliphatic heterocycles. The molecule has 0 bridgehead atoms. The van der Waals surface area contributed by atoms with Crippen molar-refractivity contribution in [2.75, 3.05) is 26.5 Å². The number of sulfonamides is 1. The van der Waals surface area contributed by atoms with Crippen molar-refractivity contribution < 1.29 is 17.9 Å². The molecular formula is C16H26N2O4S. The van der Waals surface area contributed by atoms with Crippen LogP contribution in [0.2, 0.25) is 0 Å². The highest BCUT2D eigenvalue weighted by Crippen LogP contribution is 2.16. The van der Waals surface area contributed by atoms with Gasteiger partial charge in [-0.15, -0.1) is 0 Å². The molecule has 1 aromatic rings. The van der Waals surface area contributed by atoms with Crippen LogP contribution in [0.3, 0.4) is 0 Å². The van der Waals surface area contributed by atoms with E-state index in [2.05, 4.69) is 5.32 Å². The lowest BCUT2D eigenvalue weighted by Crippen LogP contribution is -2.40. The molecule has 0 fully saturated rings. The summed E-state index contributed by atoms with van der Waals surface area (Å²) >= 11 is 0. The molecule has 0 heterocycles. The van der Waals surface area contributed by atoms with Gasteiger partial charge in [0, 0.05) is 18.7 Å². The van der Waals surface area contributed by atoms with Crippen LogP contribution in [0.5, 0.6) is 5.75 Å². The Morgan fingerprint density at radius 3 is 2.57 bits per heavy atom. The number of amides is 1. The van der Waals surface area contributed by atoms with Gasteiger partial charge in [0.05, 0.1) is 19.9 Å². The highest BCUT2D eigenvalue weighted by Gasteiger charge is 2.19. The predicted octanol–water partition coefficient (Wildman–Crippen LogP) is 1.76. The van der Waals surface area contributed by atoms with E-state index < -0.39 is 10.0 Å². The van der Waals surface area contributed by atoms with Crippen LogP contribution in [0.15, 0.2) is 24.3 Å². The number of rotatable bonds is 10. The maximum absolute atomic E-state index is 12.0. The number of hydrogen-bond acceptors (Lipinski definition) is 4. The zero-order chi connectivity index (χ0) is 17.3. The summed E-state index contributed by atoms with van der Waals surface area (Å²) in [5, 5.41) is 2.74. The number of carbonyl (C=O) groups excluding carboxylic acids is 1. The van der Waals surface area contributed by atoms with Gasteiger partial charge in [-0.25, -0.2) is 8.42 Å². The van der Waals surface area contributed by atoms with Gasteiger partial charge in [0.1, 0.15) is 5.75 Å². The van der Waals surface area contributed by atoms with E-state index >= 15 is 0 Å². The lowest BCUT2D eigenvalue weighted by molar-refractivity contribution is -0.121. The SMILES string of the molecule is CCCCCN(CC(=O)NCc1ccccc1OC)S(C)(=O)=O. The summed E-state index contributed by atoms with van der Waals surface area (Å²) in [5.74, 6) is 0.369. The number of methoxy groups -OCH3 is 1. The van der Waals surface area contributed by atoms with E-state index in [1.54, 1.807) is 7.11 Å². The molecule has 0 spiro atoms.